The molecule has 2 amide bonds. The maximum absolute atomic E-state index is 12.7. The SMILES string of the molecule is CCOc1ccccc1NC(=O)C1CC1C(=O)N1CCC2(CC1)OCCO2. The summed E-state index contributed by atoms with van der Waals surface area (Å²) in [6.45, 7) is 4.93. The molecule has 1 aliphatic carbocycles. The van der Waals surface area contributed by atoms with Crippen LogP contribution in [0.25, 0.3) is 0 Å². The monoisotopic (exact) mass is 374 g/mol. The molecule has 1 aromatic rings. The molecule has 1 N–H and O–H groups in total. The summed E-state index contributed by atoms with van der Waals surface area (Å²) in [4.78, 5) is 27.1. The van der Waals surface area contributed by atoms with Gasteiger partial charge in [-0.15, -0.1) is 0 Å². The molecule has 2 atom stereocenters. The van der Waals surface area contributed by atoms with Crippen LogP contribution in [0, 0.1) is 11.8 Å². The minimum absolute atomic E-state index is 0.0705. The fourth-order valence-corrected chi connectivity index (χ4v) is 3.92. The molecular weight excluding hydrogens is 348 g/mol. The first-order valence-corrected chi connectivity index (χ1v) is 9.71. The van der Waals surface area contributed by atoms with E-state index >= 15 is 0 Å². The lowest BCUT2D eigenvalue weighted by atomic mass is 10.0. The number of anilines is 1. The molecular formula is C20H26N2O5. The Morgan fingerprint density at radius 1 is 1.19 bits per heavy atom. The molecule has 1 spiro atoms. The number of piperidine rings is 1. The van der Waals surface area contributed by atoms with Gasteiger partial charge in [-0.05, 0) is 25.5 Å². The third kappa shape index (κ3) is 3.80. The van der Waals surface area contributed by atoms with Crippen LogP contribution < -0.4 is 10.1 Å². The molecule has 7 heteroatoms. The molecule has 0 aromatic heterocycles. The van der Waals surface area contributed by atoms with Crippen molar-refractivity contribution in [3.63, 3.8) is 0 Å². The van der Waals surface area contributed by atoms with Crippen molar-refractivity contribution in [2.75, 3.05) is 38.2 Å². The van der Waals surface area contributed by atoms with Gasteiger partial charge in [-0.25, -0.2) is 0 Å². The highest BCUT2D eigenvalue weighted by Crippen LogP contribution is 2.42. The Morgan fingerprint density at radius 2 is 1.89 bits per heavy atom. The average Bonchev–Trinajstić information content (AvgIpc) is 3.37. The van der Waals surface area contributed by atoms with Crippen molar-refractivity contribution in [2.45, 2.75) is 32.0 Å². The van der Waals surface area contributed by atoms with Gasteiger partial charge in [0, 0.05) is 25.9 Å². The summed E-state index contributed by atoms with van der Waals surface area (Å²) < 4.78 is 17.0. The van der Waals surface area contributed by atoms with Gasteiger partial charge in [-0.1, -0.05) is 12.1 Å². The second-order valence-electron chi connectivity index (χ2n) is 7.30. The second-order valence-corrected chi connectivity index (χ2v) is 7.30. The van der Waals surface area contributed by atoms with E-state index in [1.807, 2.05) is 36.1 Å². The minimum Gasteiger partial charge on any atom is -0.492 e. The summed E-state index contributed by atoms with van der Waals surface area (Å²) >= 11 is 0. The van der Waals surface area contributed by atoms with Crippen molar-refractivity contribution >= 4 is 17.5 Å². The molecule has 3 aliphatic rings. The largest absolute Gasteiger partial charge is 0.492 e. The van der Waals surface area contributed by atoms with Crippen molar-refractivity contribution in [3.8, 4) is 5.75 Å². The predicted molar refractivity (Wildman–Crippen MR) is 98.3 cm³/mol. The number of benzene rings is 1. The Kier molecular flexibility index (Phi) is 5.06. The van der Waals surface area contributed by atoms with Crippen molar-refractivity contribution in [2.24, 2.45) is 11.8 Å². The van der Waals surface area contributed by atoms with E-state index in [1.54, 1.807) is 0 Å². The highest BCUT2D eigenvalue weighted by Gasteiger charge is 2.51. The van der Waals surface area contributed by atoms with Gasteiger partial charge < -0.3 is 24.4 Å². The summed E-state index contributed by atoms with van der Waals surface area (Å²) in [6, 6.07) is 7.36. The third-order valence-electron chi connectivity index (χ3n) is 5.54. The molecule has 2 aliphatic heterocycles. The van der Waals surface area contributed by atoms with Crippen LogP contribution in [0.1, 0.15) is 26.2 Å². The molecule has 3 fully saturated rings. The van der Waals surface area contributed by atoms with Crippen molar-refractivity contribution < 1.29 is 23.8 Å². The van der Waals surface area contributed by atoms with Gasteiger partial charge in [0.1, 0.15) is 5.75 Å². The fourth-order valence-electron chi connectivity index (χ4n) is 3.92. The smallest absolute Gasteiger partial charge is 0.228 e. The Bertz CT molecular complexity index is 706. The molecule has 0 radical (unpaired) electrons. The van der Waals surface area contributed by atoms with Crippen molar-refractivity contribution in [1.29, 1.82) is 0 Å². The molecule has 0 bridgehead atoms. The second kappa shape index (κ2) is 7.48. The van der Waals surface area contributed by atoms with Crippen LogP contribution in [0.5, 0.6) is 5.75 Å². The first-order chi connectivity index (χ1) is 13.1. The van der Waals surface area contributed by atoms with Crippen LogP contribution in [-0.4, -0.2) is 55.4 Å². The van der Waals surface area contributed by atoms with Gasteiger partial charge >= 0.3 is 0 Å². The lowest BCUT2D eigenvalue weighted by Crippen LogP contribution is -2.48. The lowest BCUT2D eigenvalue weighted by molar-refractivity contribution is -0.187. The number of hydrogen-bond donors (Lipinski definition) is 1. The van der Waals surface area contributed by atoms with Gasteiger partial charge in [0.2, 0.25) is 11.8 Å². The maximum atomic E-state index is 12.7. The Labute approximate surface area is 158 Å². The number of nitrogens with zero attached hydrogens (tertiary/aromatic N) is 1. The van der Waals surface area contributed by atoms with E-state index in [9.17, 15) is 9.59 Å². The van der Waals surface area contributed by atoms with Crippen LogP contribution >= 0.6 is 0 Å². The molecule has 146 valence electrons. The first-order valence-electron chi connectivity index (χ1n) is 9.71. The van der Waals surface area contributed by atoms with Gasteiger partial charge in [0.05, 0.1) is 37.3 Å². The van der Waals surface area contributed by atoms with E-state index in [2.05, 4.69) is 5.32 Å². The van der Waals surface area contributed by atoms with Crippen molar-refractivity contribution in [3.05, 3.63) is 24.3 Å². The molecule has 1 saturated carbocycles. The van der Waals surface area contributed by atoms with Crippen LogP contribution in [0.15, 0.2) is 24.3 Å². The maximum Gasteiger partial charge on any atom is 0.228 e. The molecule has 1 aromatic carbocycles. The fraction of sp³-hybridized carbons (Fsp3) is 0.600. The molecule has 2 heterocycles. The molecule has 2 unspecified atom stereocenters. The van der Waals surface area contributed by atoms with Gasteiger partial charge in [0.15, 0.2) is 5.79 Å². The number of ether oxygens (including phenoxy) is 3. The molecule has 2 saturated heterocycles. The first kappa shape index (κ1) is 18.3. The number of carbonyl (C=O) groups excluding carboxylic acids is 2. The predicted octanol–water partition coefficient (Wildman–Crippen LogP) is 2.03. The molecule has 7 nitrogen and oxygen atoms in total. The summed E-state index contributed by atoms with van der Waals surface area (Å²) in [5, 5.41) is 2.91. The average molecular weight is 374 g/mol. The Morgan fingerprint density at radius 3 is 2.59 bits per heavy atom. The number of nitrogens with one attached hydrogen (secondary N) is 1. The summed E-state index contributed by atoms with van der Waals surface area (Å²) in [7, 11) is 0. The van der Waals surface area contributed by atoms with E-state index in [-0.39, 0.29) is 23.7 Å². The zero-order valence-electron chi connectivity index (χ0n) is 15.6. The summed E-state index contributed by atoms with van der Waals surface area (Å²) in [5.74, 6) is -0.363. The van der Waals surface area contributed by atoms with Gasteiger partial charge in [0.25, 0.3) is 0 Å². The topological polar surface area (TPSA) is 77.1 Å². The summed E-state index contributed by atoms with van der Waals surface area (Å²) in [5.41, 5.74) is 0.651. The number of amides is 2. The highest BCUT2D eigenvalue weighted by atomic mass is 16.7. The standard InChI is InChI=1S/C20H26N2O5/c1-2-25-17-6-4-3-5-16(17)21-18(23)14-13-15(14)19(24)22-9-7-20(8-10-22)26-11-12-27-20/h3-6,14-15H,2,7-13H2,1H3,(H,21,23). The van der Waals surface area contributed by atoms with Crippen LogP contribution in [-0.2, 0) is 19.1 Å². The Balaban J connectivity index is 1.30. The quantitative estimate of drug-likeness (QED) is 0.853. The van der Waals surface area contributed by atoms with E-state index in [1.165, 1.54) is 0 Å². The van der Waals surface area contributed by atoms with E-state index in [4.69, 9.17) is 14.2 Å². The normalized spacial score (nSPS) is 26.0. The third-order valence-corrected chi connectivity index (χ3v) is 5.54. The Hall–Kier alpha value is -2.12. The van der Waals surface area contributed by atoms with Crippen LogP contribution in [0.4, 0.5) is 5.69 Å². The van der Waals surface area contributed by atoms with E-state index in [0.717, 1.165) is 0 Å². The van der Waals surface area contributed by atoms with E-state index in [0.29, 0.717) is 63.6 Å². The molecule has 4 rings (SSSR count). The lowest BCUT2D eigenvalue weighted by Gasteiger charge is -2.37. The van der Waals surface area contributed by atoms with E-state index < -0.39 is 5.79 Å². The zero-order valence-corrected chi connectivity index (χ0v) is 15.6. The molecule has 27 heavy (non-hydrogen) atoms. The number of rotatable bonds is 5. The number of carbonyl (C=O) groups is 2. The highest BCUT2D eigenvalue weighted by molar-refractivity contribution is 6.00. The van der Waals surface area contributed by atoms with Crippen molar-refractivity contribution in [1.82, 2.24) is 4.90 Å². The number of para-hydroxylation sites is 2. The van der Waals surface area contributed by atoms with Crippen LogP contribution in [0.2, 0.25) is 0 Å². The minimum atomic E-state index is -0.486. The zero-order chi connectivity index (χ0) is 18.9. The number of hydrogen-bond acceptors (Lipinski definition) is 5. The van der Waals surface area contributed by atoms with Crippen LogP contribution in [0.3, 0.4) is 0 Å². The van der Waals surface area contributed by atoms with Gasteiger partial charge in [-0.3, -0.25) is 9.59 Å². The van der Waals surface area contributed by atoms with Gasteiger partial charge in [-0.2, -0.15) is 0 Å². The number of likely N-dealkylation sites (tertiary alicyclic amines) is 1. The summed E-state index contributed by atoms with van der Waals surface area (Å²) in [6.07, 6.45) is 2.00.